The van der Waals surface area contributed by atoms with E-state index in [1.807, 2.05) is 44.2 Å². The van der Waals surface area contributed by atoms with Crippen LogP contribution in [0.5, 0.6) is 11.8 Å². The van der Waals surface area contributed by atoms with Crippen LogP contribution in [0, 0.1) is 12.1 Å². The molecule has 32 heavy (non-hydrogen) atoms. The van der Waals surface area contributed by atoms with Gasteiger partial charge in [0.05, 0.1) is 6.04 Å². The summed E-state index contributed by atoms with van der Waals surface area (Å²) < 4.78 is 1.32. The molecule has 7 nitrogen and oxygen atoms in total. The Labute approximate surface area is 189 Å². The SMILES string of the molecule is CC(C)N1CC(C2c3c#cccc3CSc3ccccc32)n2c(O)nc(=O)c(O)c2C1=O. The Hall–Kier alpha value is -3.44. The average molecular weight is 448 g/mol. The second-order valence-corrected chi connectivity index (χ2v) is 9.27. The van der Waals surface area contributed by atoms with Gasteiger partial charge in [-0.3, -0.25) is 14.2 Å². The number of aromatic nitrogens is 2. The largest absolute Gasteiger partial charge is 0.501 e. The highest BCUT2D eigenvalue weighted by Crippen LogP contribution is 2.47. The van der Waals surface area contributed by atoms with E-state index in [0.29, 0.717) is 0 Å². The van der Waals surface area contributed by atoms with Gasteiger partial charge in [0.2, 0.25) is 5.75 Å². The lowest BCUT2D eigenvalue weighted by molar-refractivity contribution is 0.0572. The first-order valence-corrected chi connectivity index (χ1v) is 11.3. The Kier molecular flexibility index (Phi) is 4.86. The second-order valence-electron chi connectivity index (χ2n) is 8.25. The number of aromatic hydroxyl groups is 2. The van der Waals surface area contributed by atoms with Crippen LogP contribution in [-0.2, 0) is 5.75 Å². The van der Waals surface area contributed by atoms with Crippen LogP contribution in [0.1, 0.15) is 53.0 Å². The van der Waals surface area contributed by atoms with Gasteiger partial charge in [0.1, 0.15) is 0 Å². The number of carbonyl (C=O) groups is 1. The fourth-order valence-corrected chi connectivity index (χ4v) is 5.75. The topological polar surface area (TPSA) is 95.7 Å². The highest BCUT2D eigenvalue weighted by atomic mass is 32.2. The smallest absolute Gasteiger partial charge is 0.318 e. The summed E-state index contributed by atoms with van der Waals surface area (Å²) in [6.07, 6.45) is 0. The van der Waals surface area contributed by atoms with E-state index in [2.05, 4.69) is 23.2 Å². The highest BCUT2D eigenvalue weighted by molar-refractivity contribution is 7.98. The molecule has 0 saturated heterocycles. The van der Waals surface area contributed by atoms with Crippen LogP contribution in [0.15, 0.2) is 46.1 Å². The molecule has 162 valence electrons. The molecule has 1 aromatic heterocycles. The lowest BCUT2D eigenvalue weighted by Crippen LogP contribution is -2.49. The minimum Gasteiger partial charge on any atom is -0.501 e. The lowest BCUT2D eigenvalue weighted by Gasteiger charge is -2.41. The molecule has 3 heterocycles. The zero-order valence-electron chi connectivity index (χ0n) is 17.6. The Morgan fingerprint density at radius 1 is 1.19 bits per heavy atom. The van der Waals surface area contributed by atoms with E-state index in [-0.39, 0.29) is 24.2 Å². The van der Waals surface area contributed by atoms with Crippen molar-refractivity contribution in [3.63, 3.8) is 0 Å². The van der Waals surface area contributed by atoms with Gasteiger partial charge in [0.25, 0.3) is 11.9 Å². The fraction of sp³-hybridized carbons (Fsp3) is 0.292. The second kappa shape index (κ2) is 7.61. The van der Waals surface area contributed by atoms with Gasteiger partial charge >= 0.3 is 5.56 Å². The zero-order chi connectivity index (χ0) is 22.6. The number of hydrogen-bond acceptors (Lipinski definition) is 6. The molecule has 2 aromatic carbocycles. The molecule has 2 aliphatic rings. The van der Waals surface area contributed by atoms with Gasteiger partial charge in [-0.05, 0) is 43.2 Å². The van der Waals surface area contributed by atoms with E-state index >= 15 is 0 Å². The Balaban J connectivity index is 1.82. The Morgan fingerprint density at radius 2 is 1.97 bits per heavy atom. The van der Waals surface area contributed by atoms with Crippen LogP contribution in [0.3, 0.4) is 0 Å². The molecule has 2 unspecified atom stereocenters. The van der Waals surface area contributed by atoms with Crippen LogP contribution < -0.4 is 5.56 Å². The summed E-state index contributed by atoms with van der Waals surface area (Å²) in [4.78, 5) is 31.7. The molecule has 3 aromatic rings. The molecular formula is C24H21N3O4S. The van der Waals surface area contributed by atoms with Crippen LogP contribution >= 0.6 is 11.8 Å². The van der Waals surface area contributed by atoms with Crippen molar-refractivity contribution < 1.29 is 15.0 Å². The third-order valence-corrected chi connectivity index (χ3v) is 7.28. The maximum absolute atomic E-state index is 13.2. The van der Waals surface area contributed by atoms with E-state index in [1.165, 1.54) is 4.57 Å². The molecular weight excluding hydrogens is 426 g/mol. The summed E-state index contributed by atoms with van der Waals surface area (Å²) in [5.41, 5.74) is 1.77. The predicted molar refractivity (Wildman–Crippen MR) is 119 cm³/mol. The molecule has 0 radical (unpaired) electrons. The maximum Gasteiger partial charge on any atom is 0.318 e. The molecule has 1 amide bonds. The normalized spacial score (nSPS) is 19.6. The van der Waals surface area contributed by atoms with Crippen LogP contribution in [0.25, 0.3) is 0 Å². The van der Waals surface area contributed by atoms with Crippen LogP contribution in [-0.4, -0.2) is 43.2 Å². The molecule has 2 atom stereocenters. The van der Waals surface area contributed by atoms with Gasteiger partial charge in [0.15, 0.2) is 5.69 Å². The van der Waals surface area contributed by atoms with Crippen molar-refractivity contribution in [2.24, 2.45) is 0 Å². The summed E-state index contributed by atoms with van der Waals surface area (Å²) in [6.45, 7) is 4.03. The molecule has 0 bridgehead atoms. The monoisotopic (exact) mass is 447 g/mol. The van der Waals surface area contributed by atoms with Gasteiger partial charge in [-0.1, -0.05) is 30.3 Å². The third-order valence-electron chi connectivity index (χ3n) is 6.14. The minimum atomic E-state index is -1.02. The van der Waals surface area contributed by atoms with Crippen molar-refractivity contribution in [1.29, 1.82) is 0 Å². The number of hydrogen-bond donors (Lipinski definition) is 2. The molecule has 0 aliphatic carbocycles. The summed E-state index contributed by atoms with van der Waals surface area (Å²) in [5.74, 6) is -0.816. The first-order valence-electron chi connectivity index (χ1n) is 10.4. The molecule has 2 N–H and O–H groups in total. The van der Waals surface area contributed by atoms with Gasteiger partial charge in [-0.2, -0.15) is 4.98 Å². The third kappa shape index (κ3) is 3.04. The molecule has 8 heteroatoms. The summed E-state index contributed by atoms with van der Waals surface area (Å²) in [6, 6.07) is 16.9. The van der Waals surface area contributed by atoms with Crippen molar-refractivity contribution in [1.82, 2.24) is 14.5 Å². The Bertz CT molecular complexity index is 1240. The van der Waals surface area contributed by atoms with E-state index in [0.717, 1.165) is 27.3 Å². The fourth-order valence-electron chi connectivity index (χ4n) is 4.65. The average Bonchev–Trinajstić information content (AvgIpc) is 2.94. The number of rotatable bonds is 2. The first-order chi connectivity index (χ1) is 15.4. The number of carbonyl (C=O) groups excluding carboxylic acids is 1. The van der Waals surface area contributed by atoms with E-state index in [1.54, 1.807) is 16.7 Å². The van der Waals surface area contributed by atoms with E-state index in [9.17, 15) is 19.8 Å². The number of fused-ring (bicyclic) bond motifs is 3. The van der Waals surface area contributed by atoms with Crippen LogP contribution in [0.4, 0.5) is 0 Å². The van der Waals surface area contributed by atoms with Crippen molar-refractivity contribution in [2.45, 2.75) is 42.5 Å². The van der Waals surface area contributed by atoms with Crippen molar-refractivity contribution in [2.75, 3.05) is 6.54 Å². The van der Waals surface area contributed by atoms with Gasteiger partial charge < -0.3 is 15.1 Å². The zero-order valence-corrected chi connectivity index (χ0v) is 18.4. The van der Waals surface area contributed by atoms with Crippen LogP contribution in [0.2, 0.25) is 0 Å². The van der Waals surface area contributed by atoms with Crippen molar-refractivity contribution in [3.05, 3.63) is 81.3 Å². The summed E-state index contributed by atoms with van der Waals surface area (Å²) in [5, 5.41) is 21.2. The number of benzene rings is 1. The highest BCUT2D eigenvalue weighted by Gasteiger charge is 2.43. The van der Waals surface area contributed by atoms with E-state index < -0.39 is 29.3 Å². The molecule has 0 saturated carbocycles. The number of thioether (sulfide) groups is 1. The maximum atomic E-state index is 13.2. The quantitative estimate of drug-likeness (QED) is 0.627. The number of amides is 1. The molecule has 2 aliphatic heterocycles. The van der Waals surface area contributed by atoms with Crippen molar-refractivity contribution in [3.8, 4) is 11.8 Å². The minimum absolute atomic E-state index is 0.176. The molecule has 0 fully saturated rings. The van der Waals surface area contributed by atoms with Crippen molar-refractivity contribution >= 4 is 17.7 Å². The van der Waals surface area contributed by atoms with Gasteiger partial charge in [-0.15, -0.1) is 11.8 Å². The Morgan fingerprint density at radius 3 is 2.75 bits per heavy atom. The lowest BCUT2D eigenvalue weighted by atomic mass is 9.82. The van der Waals surface area contributed by atoms with Gasteiger partial charge in [0, 0.05) is 34.7 Å². The standard InChI is InChI=1S/C24H21N3O4S/c1-13(2)26-11-17(27-20(23(26)30)21(28)22(29)25-24(27)31)19-15-8-4-3-7-14(15)12-32-18-10-6-5-9-16(18)19/h3,5-7,9-10,13,17,19,28H,11-12H2,1-2H3,(H,25,29,31). The first kappa shape index (κ1) is 20.5. The number of nitrogens with zero attached hydrogens (tertiary/aromatic N) is 3. The predicted octanol–water partition coefficient (Wildman–Crippen LogP) is 3.10. The molecule has 5 rings (SSSR count). The summed E-state index contributed by atoms with van der Waals surface area (Å²) >= 11 is 1.72. The molecule has 0 spiro atoms. The van der Waals surface area contributed by atoms with E-state index in [4.69, 9.17) is 0 Å². The summed E-state index contributed by atoms with van der Waals surface area (Å²) in [7, 11) is 0. The van der Waals surface area contributed by atoms with Gasteiger partial charge in [-0.25, -0.2) is 0 Å².